The molecule has 2 atom stereocenters. The van der Waals surface area contributed by atoms with Gasteiger partial charge in [0.2, 0.25) is 5.91 Å². The molecule has 0 aromatic carbocycles. The number of nitrogens with one attached hydrogen (secondary N) is 1. The van der Waals surface area contributed by atoms with Crippen molar-refractivity contribution < 1.29 is 9.90 Å². The molecule has 2 fully saturated rings. The number of amides is 1. The van der Waals surface area contributed by atoms with Crippen LogP contribution in [0.15, 0.2) is 0 Å². The molecule has 4 nitrogen and oxygen atoms in total. The molecular weight excluding hydrogens is 228 g/mol. The normalized spacial score (nSPS) is 31.9. The second-order valence-electron chi connectivity index (χ2n) is 5.98. The quantitative estimate of drug-likeness (QED) is 0.711. The number of carbonyl (C=O) groups excluding carboxylic acids is 1. The molecule has 0 radical (unpaired) electrons. The van der Waals surface area contributed by atoms with Crippen molar-refractivity contribution in [3.63, 3.8) is 0 Å². The lowest BCUT2D eigenvalue weighted by Gasteiger charge is -2.37. The third kappa shape index (κ3) is 2.86. The SMILES string of the molecule is NCC1(C(=O)NC2CCCCC2O)CCCCC1. The van der Waals surface area contributed by atoms with E-state index in [0.717, 1.165) is 51.4 Å². The number of nitrogens with two attached hydrogens (primary N) is 1. The summed E-state index contributed by atoms with van der Waals surface area (Å²) in [6, 6.07) is -0.0587. The van der Waals surface area contributed by atoms with Gasteiger partial charge in [-0.3, -0.25) is 4.79 Å². The fraction of sp³-hybridized carbons (Fsp3) is 0.929. The first-order valence-corrected chi connectivity index (χ1v) is 7.37. The minimum atomic E-state index is -0.374. The molecule has 0 aromatic heterocycles. The Labute approximate surface area is 109 Å². The van der Waals surface area contributed by atoms with Gasteiger partial charge in [-0.25, -0.2) is 0 Å². The van der Waals surface area contributed by atoms with Crippen molar-refractivity contribution in [1.29, 1.82) is 0 Å². The van der Waals surface area contributed by atoms with Crippen LogP contribution in [-0.2, 0) is 4.79 Å². The molecule has 2 aliphatic rings. The summed E-state index contributed by atoms with van der Waals surface area (Å²) in [4.78, 5) is 12.5. The fourth-order valence-corrected chi connectivity index (χ4v) is 3.35. The third-order valence-electron chi connectivity index (χ3n) is 4.73. The first-order chi connectivity index (χ1) is 8.68. The highest BCUT2D eigenvalue weighted by atomic mass is 16.3. The van der Waals surface area contributed by atoms with Gasteiger partial charge in [0, 0.05) is 6.54 Å². The minimum Gasteiger partial charge on any atom is -0.391 e. The van der Waals surface area contributed by atoms with Crippen LogP contribution >= 0.6 is 0 Å². The van der Waals surface area contributed by atoms with Crippen molar-refractivity contribution in [2.75, 3.05) is 6.54 Å². The van der Waals surface area contributed by atoms with Gasteiger partial charge in [-0.2, -0.15) is 0 Å². The van der Waals surface area contributed by atoms with Crippen LogP contribution in [0.1, 0.15) is 57.8 Å². The monoisotopic (exact) mass is 254 g/mol. The molecule has 4 N–H and O–H groups in total. The second kappa shape index (κ2) is 6.02. The van der Waals surface area contributed by atoms with Crippen molar-refractivity contribution >= 4 is 5.91 Å². The first kappa shape index (κ1) is 13.8. The van der Waals surface area contributed by atoms with E-state index in [-0.39, 0.29) is 23.5 Å². The van der Waals surface area contributed by atoms with Gasteiger partial charge < -0.3 is 16.2 Å². The molecule has 2 unspecified atom stereocenters. The molecule has 0 bridgehead atoms. The number of rotatable bonds is 3. The average Bonchev–Trinajstić information content (AvgIpc) is 2.42. The predicted molar refractivity (Wildman–Crippen MR) is 71.0 cm³/mol. The second-order valence-corrected chi connectivity index (χ2v) is 5.98. The molecule has 4 heteroatoms. The van der Waals surface area contributed by atoms with Gasteiger partial charge in [-0.15, -0.1) is 0 Å². The lowest BCUT2D eigenvalue weighted by molar-refractivity contribution is -0.134. The number of hydrogen-bond acceptors (Lipinski definition) is 3. The summed E-state index contributed by atoms with van der Waals surface area (Å²) in [7, 11) is 0. The standard InChI is InChI=1S/C14H26N2O2/c15-10-14(8-4-1-5-9-14)13(18)16-11-6-2-3-7-12(11)17/h11-12,17H,1-10,15H2,(H,16,18). The van der Waals surface area contributed by atoms with E-state index in [9.17, 15) is 9.90 Å². The molecule has 2 aliphatic carbocycles. The zero-order valence-corrected chi connectivity index (χ0v) is 11.2. The molecule has 2 rings (SSSR count). The third-order valence-corrected chi connectivity index (χ3v) is 4.73. The highest BCUT2D eigenvalue weighted by Gasteiger charge is 2.39. The van der Waals surface area contributed by atoms with E-state index in [4.69, 9.17) is 5.73 Å². The predicted octanol–water partition coefficient (Wildman–Crippen LogP) is 1.32. The Morgan fingerprint density at radius 1 is 1.17 bits per heavy atom. The molecule has 0 saturated heterocycles. The van der Waals surface area contributed by atoms with Crippen LogP contribution in [0.2, 0.25) is 0 Å². The lowest BCUT2D eigenvalue weighted by Crippen LogP contribution is -2.53. The molecule has 0 heterocycles. The highest BCUT2D eigenvalue weighted by molar-refractivity contribution is 5.83. The Bertz CT molecular complexity index is 288. The van der Waals surface area contributed by atoms with Gasteiger partial charge in [0.15, 0.2) is 0 Å². The molecule has 0 aromatic rings. The largest absolute Gasteiger partial charge is 0.391 e. The van der Waals surface area contributed by atoms with Crippen LogP contribution < -0.4 is 11.1 Å². The maximum atomic E-state index is 12.5. The Hall–Kier alpha value is -0.610. The lowest BCUT2D eigenvalue weighted by atomic mass is 9.73. The number of carbonyl (C=O) groups is 1. The van der Waals surface area contributed by atoms with E-state index in [0.29, 0.717) is 6.54 Å². The summed E-state index contributed by atoms with van der Waals surface area (Å²) in [6.07, 6.45) is 8.69. The van der Waals surface area contributed by atoms with Crippen LogP contribution in [0.25, 0.3) is 0 Å². The number of aliphatic hydroxyl groups is 1. The van der Waals surface area contributed by atoms with Crippen molar-refractivity contribution in [3.05, 3.63) is 0 Å². The van der Waals surface area contributed by atoms with Crippen molar-refractivity contribution in [2.45, 2.75) is 69.9 Å². The summed E-state index contributed by atoms with van der Waals surface area (Å²) in [5.41, 5.74) is 5.49. The molecule has 0 spiro atoms. The van der Waals surface area contributed by atoms with E-state index < -0.39 is 0 Å². The topological polar surface area (TPSA) is 75.4 Å². The van der Waals surface area contributed by atoms with Crippen LogP contribution in [0, 0.1) is 5.41 Å². The van der Waals surface area contributed by atoms with E-state index in [1.807, 2.05) is 0 Å². The van der Waals surface area contributed by atoms with Gasteiger partial charge in [-0.05, 0) is 25.7 Å². The van der Waals surface area contributed by atoms with Crippen LogP contribution in [0.5, 0.6) is 0 Å². The first-order valence-electron chi connectivity index (χ1n) is 7.37. The smallest absolute Gasteiger partial charge is 0.227 e. The van der Waals surface area contributed by atoms with E-state index in [1.54, 1.807) is 0 Å². The summed E-state index contributed by atoms with van der Waals surface area (Å²) in [5, 5.41) is 13.0. The zero-order chi connectivity index (χ0) is 13.0. The van der Waals surface area contributed by atoms with E-state index in [1.165, 1.54) is 6.42 Å². The molecular formula is C14H26N2O2. The molecule has 0 aliphatic heterocycles. The summed E-state index contributed by atoms with van der Waals surface area (Å²) >= 11 is 0. The van der Waals surface area contributed by atoms with Crippen LogP contribution in [0.3, 0.4) is 0 Å². The Morgan fingerprint density at radius 2 is 1.83 bits per heavy atom. The zero-order valence-electron chi connectivity index (χ0n) is 11.2. The maximum absolute atomic E-state index is 12.5. The molecule has 2 saturated carbocycles. The summed E-state index contributed by atoms with van der Waals surface area (Å²) in [5.74, 6) is 0.0793. The molecule has 18 heavy (non-hydrogen) atoms. The fourth-order valence-electron chi connectivity index (χ4n) is 3.35. The van der Waals surface area contributed by atoms with Crippen molar-refractivity contribution in [1.82, 2.24) is 5.32 Å². The van der Waals surface area contributed by atoms with Crippen LogP contribution in [0.4, 0.5) is 0 Å². The van der Waals surface area contributed by atoms with Gasteiger partial charge in [-0.1, -0.05) is 32.1 Å². The van der Waals surface area contributed by atoms with Gasteiger partial charge in [0.25, 0.3) is 0 Å². The Balaban J connectivity index is 1.96. The maximum Gasteiger partial charge on any atom is 0.227 e. The van der Waals surface area contributed by atoms with Crippen molar-refractivity contribution in [3.8, 4) is 0 Å². The molecule has 1 amide bonds. The number of aliphatic hydroxyl groups excluding tert-OH is 1. The van der Waals surface area contributed by atoms with Gasteiger partial charge >= 0.3 is 0 Å². The Morgan fingerprint density at radius 3 is 2.44 bits per heavy atom. The van der Waals surface area contributed by atoms with E-state index in [2.05, 4.69) is 5.32 Å². The summed E-state index contributed by atoms with van der Waals surface area (Å²) in [6.45, 7) is 0.432. The van der Waals surface area contributed by atoms with Gasteiger partial charge in [0.1, 0.15) is 0 Å². The highest BCUT2D eigenvalue weighted by Crippen LogP contribution is 2.36. The minimum absolute atomic E-state index is 0.0587. The Kier molecular flexibility index (Phi) is 4.62. The van der Waals surface area contributed by atoms with Crippen molar-refractivity contribution in [2.24, 2.45) is 11.1 Å². The average molecular weight is 254 g/mol. The van der Waals surface area contributed by atoms with E-state index >= 15 is 0 Å². The van der Waals surface area contributed by atoms with Gasteiger partial charge in [0.05, 0.1) is 17.6 Å². The van der Waals surface area contributed by atoms with Crippen LogP contribution in [-0.4, -0.2) is 29.7 Å². The molecule has 104 valence electrons. The summed E-state index contributed by atoms with van der Waals surface area (Å²) < 4.78 is 0. The number of hydrogen-bond donors (Lipinski definition) is 3.